The van der Waals surface area contributed by atoms with Crippen LogP contribution in [0.1, 0.15) is 29.0 Å². The van der Waals surface area contributed by atoms with Crippen LogP contribution in [-0.2, 0) is 11.3 Å². The summed E-state index contributed by atoms with van der Waals surface area (Å²) in [5.41, 5.74) is 1.75. The Morgan fingerprint density at radius 1 is 1.07 bits per heavy atom. The maximum Gasteiger partial charge on any atom is 0.254 e. The Balaban J connectivity index is 1.38. The first-order valence-corrected chi connectivity index (χ1v) is 9.37. The molecule has 2 amide bonds. The summed E-state index contributed by atoms with van der Waals surface area (Å²) in [6.07, 6.45) is 0.807. The summed E-state index contributed by atoms with van der Waals surface area (Å²) in [5, 5.41) is 5.25. The van der Waals surface area contributed by atoms with Crippen LogP contribution in [0.2, 0.25) is 0 Å². The molecule has 2 N–H and O–H groups in total. The molecule has 1 heterocycles. The molecule has 3 aromatic rings. The van der Waals surface area contributed by atoms with Crippen LogP contribution in [0.4, 0.5) is 8.78 Å². The first kappa shape index (κ1) is 20.4. The molecule has 0 unspecified atom stereocenters. The van der Waals surface area contributed by atoms with Gasteiger partial charge in [0.05, 0.1) is 16.6 Å². The maximum atomic E-state index is 13.5. The number of hydrogen-bond donors (Lipinski definition) is 2. The summed E-state index contributed by atoms with van der Waals surface area (Å²) in [6, 6.07) is 10.6. The second kappa shape index (κ2) is 9.27. The molecule has 8 heteroatoms. The average Bonchev–Trinajstić information content (AvgIpc) is 3.00. The number of carbonyl (C=O) groups excluding carboxylic acids is 2. The SMILES string of the molecule is Cc1nc2ccccc2n1CCCNC(=O)CCNC(=O)c1ccc(F)cc1F. The molecular formula is C21H22F2N4O2. The number of halogens is 2. The fourth-order valence-electron chi connectivity index (χ4n) is 3.09. The summed E-state index contributed by atoms with van der Waals surface area (Å²) in [6.45, 7) is 3.23. The van der Waals surface area contributed by atoms with Crippen molar-refractivity contribution >= 4 is 22.8 Å². The number of fused-ring (bicyclic) bond motifs is 1. The lowest BCUT2D eigenvalue weighted by molar-refractivity contribution is -0.120. The summed E-state index contributed by atoms with van der Waals surface area (Å²) in [5.74, 6) is -1.66. The number of aromatic nitrogens is 2. The van der Waals surface area contributed by atoms with Crippen molar-refractivity contribution in [3.63, 3.8) is 0 Å². The minimum atomic E-state index is -0.936. The predicted molar refractivity (Wildman–Crippen MR) is 105 cm³/mol. The smallest absolute Gasteiger partial charge is 0.254 e. The fourth-order valence-corrected chi connectivity index (χ4v) is 3.09. The van der Waals surface area contributed by atoms with Crippen molar-refractivity contribution in [2.75, 3.05) is 13.1 Å². The Kier molecular flexibility index (Phi) is 6.54. The van der Waals surface area contributed by atoms with Crippen LogP contribution in [0, 0.1) is 18.6 Å². The monoisotopic (exact) mass is 400 g/mol. The lowest BCUT2D eigenvalue weighted by Crippen LogP contribution is -2.31. The number of benzene rings is 2. The quantitative estimate of drug-likeness (QED) is 0.571. The Labute approximate surface area is 166 Å². The number of carbonyl (C=O) groups is 2. The highest BCUT2D eigenvalue weighted by atomic mass is 19.1. The van der Waals surface area contributed by atoms with E-state index >= 15 is 0 Å². The minimum absolute atomic E-state index is 0.0623. The maximum absolute atomic E-state index is 13.5. The zero-order valence-electron chi connectivity index (χ0n) is 16.0. The van der Waals surface area contributed by atoms with Crippen LogP contribution in [0.15, 0.2) is 42.5 Å². The van der Waals surface area contributed by atoms with E-state index in [9.17, 15) is 18.4 Å². The van der Waals surface area contributed by atoms with Crippen LogP contribution >= 0.6 is 0 Å². The number of rotatable bonds is 8. The first-order valence-electron chi connectivity index (χ1n) is 9.37. The van der Waals surface area contributed by atoms with Gasteiger partial charge < -0.3 is 15.2 Å². The van der Waals surface area contributed by atoms with Gasteiger partial charge in [-0.1, -0.05) is 12.1 Å². The van der Waals surface area contributed by atoms with Gasteiger partial charge in [0.1, 0.15) is 17.5 Å². The molecule has 0 radical (unpaired) electrons. The zero-order chi connectivity index (χ0) is 20.8. The second-order valence-corrected chi connectivity index (χ2v) is 6.63. The molecule has 0 aliphatic carbocycles. The Hall–Kier alpha value is -3.29. The molecule has 29 heavy (non-hydrogen) atoms. The van der Waals surface area contributed by atoms with Crippen molar-refractivity contribution < 1.29 is 18.4 Å². The lowest BCUT2D eigenvalue weighted by atomic mass is 10.2. The van der Waals surface area contributed by atoms with Gasteiger partial charge in [-0.05, 0) is 37.6 Å². The summed E-state index contributed by atoms with van der Waals surface area (Å²) >= 11 is 0. The minimum Gasteiger partial charge on any atom is -0.356 e. The van der Waals surface area contributed by atoms with Crippen molar-refractivity contribution in [1.29, 1.82) is 0 Å². The van der Waals surface area contributed by atoms with E-state index in [1.165, 1.54) is 0 Å². The Morgan fingerprint density at radius 3 is 2.66 bits per heavy atom. The molecule has 0 saturated carbocycles. The van der Waals surface area contributed by atoms with Crippen molar-refractivity contribution in [3.05, 3.63) is 65.5 Å². The fraction of sp³-hybridized carbons (Fsp3) is 0.286. The van der Waals surface area contributed by atoms with Crippen LogP contribution in [0.3, 0.4) is 0 Å². The van der Waals surface area contributed by atoms with Crippen LogP contribution < -0.4 is 10.6 Å². The molecule has 0 aliphatic heterocycles. The number of aryl methyl sites for hydroxylation is 2. The third kappa shape index (κ3) is 5.16. The van der Waals surface area contributed by atoms with E-state index in [2.05, 4.69) is 20.2 Å². The normalized spacial score (nSPS) is 10.9. The van der Waals surface area contributed by atoms with Gasteiger partial charge in [0.15, 0.2) is 0 Å². The number of para-hydroxylation sites is 2. The third-order valence-corrected chi connectivity index (χ3v) is 4.54. The largest absolute Gasteiger partial charge is 0.356 e. The summed E-state index contributed by atoms with van der Waals surface area (Å²) in [7, 11) is 0. The molecule has 0 aliphatic rings. The van der Waals surface area contributed by atoms with Gasteiger partial charge in [0.25, 0.3) is 5.91 Å². The average molecular weight is 400 g/mol. The van der Waals surface area contributed by atoms with Crippen molar-refractivity contribution in [3.8, 4) is 0 Å². The zero-order valence-corrected chi connectivity index (χ0v) is 16.0. The summed E-state index contributed by atoms with van der Waals surface area (Å²) in [4.78, 5) is 28.3. The third-order valence-electron chi connectivity index (χ3n) is 4.54. The molecule has 2 aromatic carbocycles. The van der Waals surface area contributed by atoms with Gasteiger partial charge in [-0.3, -0.25) is 9.59 Å². The lowest BCUT2D eigenvalue weighted by Gasteiger charge is -2.09. The van der Waals surface area contributed by atoms with E-state index in [1.54, 1.807) is 0 Å². The molecule has 3 rings (SSSR count). The molecule has 152 valence electrons. The number of nitrogens with one attached hydrogen (secondary N) is 2. The van der Waals surface area contributed by atoms with E-state index in [1.807, 2.05) is 31.2 Å². The molecule has 0 saturated heterocycles. The highest BCUT2D eigenvalue weighted by Gasteiger charge is 2.12. The number of nitrogens with zero attached hydrogens (tertiary/aromatic N) is 2. The Morgan fingerprint density at radius 2 is 1.86 bits per heavy atom. The standard InChI is InChI=1S/C21H22F2N4O2/c1-14-26-18-5-2-3-6-19(18)27(14)12-4-10-24-20(28)9-11-25-21(29)16-8-7-15(22)13-17(16)23/h2-3,5-8,13H,4,9-12H2,1H3,(H,24,28)(H,25,29). The first-order chi connectivity index (χ1) is 14.0. The van der Waals surface area contributed by atoms with Crippen molar-refractivity contribution in [2.45, 2.75) is 26.3 Å². The van der Waals surface area contributed by atoms with E-state index in [-0.39, 0.29) is 24.4 Å². The van der Waals surface area contributed by atoms with Gasteiger partial charge in [-0.15, -0.1) is 0 Å². The molecule has 0 bridgehead atoms. The highest BCUT2D eigenvalue weighted by Crippen LogP contribution is 2.15. The number of amides is 2. The van der Waals surface area contributed by atoms with Gasteiger partial charge in [-0.2, -0.15) is 0 Å². The van der Waals surface area contributed by atoms with E-state index in [0.717, 1.165) is 42.0 Å². The predicted octanol–water partition coefficient (Wildman–Crippen LogP) is 2.95. The van der Waals surface area contributed by atoms with Crippen LogP contribution in [0.5, 0.6) is 0 Å². The molecule has 0 fully saturated rings. The van der Waals surface area contributed by atoms with Gasteiger partial charge in [-0.25, -0.2) is 13.8 Å². The summed E-state index contributed by atoms with van der Waals surface area (Å²) < 4.78 is 28.5. The van der Waals surface area contributed by atoms with Crippen molar-refractivity contribution in [1.82, 2.24) is 20.2 Å². The van der Waals surface area contributed by atoms with E-state index in [4.69, 9.17) is 0 Å². The Bertz CT molecular complexity index is 1030. The molecule has 0 spiro atoms. The van der Waals surface area contributed by atoms with Gasteiger partial charge >= 0.3 is 0 Å². The topological polar surface area (TPSA) is 76.0 Å². The van der Waals surface area contributed by atoms with Gasteiger partial charge in [0, 0.05) is 32.1 Å². The second-order valence-electron chi connectivity index (χ2n) is 6.63. The molecular weight excluding hydrogens is 378 g/mol. The molecule has 6 nitrogen and oxygen atoms in total. The number of imidazole rings is 1. The highest BCUT2D eigenvalue weighted by molar-refractivity contribution is 5.94. The van der Waals surface area contributed by atoms with E-state index < -0.39 is 17.5 Å². The van der Waals surface area contributed by atoms with Crippen LogP contribution in [0.25, 0.3) is 11.0 Å². The number of hydrogen-bond acceptors (Lipinski definition) is 3. The molecule has 1 aromatic heterocycles. The van der Waals surface area contributed by atoms with Crippen LogP contribution in [-0.4, -0.2) is 34.5 Å². The van der Waals surface area contributed by atoms with Gasteiger partial charge in [0.2, 0.25) is 5.91 Å². The molecule has 0 atom stereocenters. The van der Waals surface area contributed by atoms with Crippen molar-refractivity contribution in [2.24, 2.45) is 0 Å². The van der Waals surface area contributed by atoms with E-state index in [0.29, 0.717) is 12.6 Å².